The molecule has 0 heterocycles. The van der Waals surface area contributed by atoms with Crippen LogP contribution in [0, 0.1) is 5.82 Å². The summed E-state index contributed by atoms with van der Waals surface area (Å²) in [5.74, 6) is -1.34. The molecule has 0 aliphatic heterocycles. The first-order valence-corrected chi connectivity index (χ1v) is 4.91. The first-order valence-electron chi connectivity index (χ1n) is 4.91. The highest BCUT2D eigenvalue weighted by atomic mass is 19.1. The van der Waals surface area contributed by atoms with Crippen LogP contribution in [0.3, 0.4) is 0 Å². The van der Waals surface area contributed by atoms with Crippen molar-refractivity contribution in [3.8, 4) is 5.75 Å². The Bertz CT molecular complexity index is 379. The molecular formula is C11H14FNO3. The lowest BCUT2D eigenvalue weighted by Crippen LogP contribution is -2.12. The molecule has 0 aliphatic rings. The van der Waals surface area contributed by atoms with Crippen molar-refractivity contribution in [3.05, 3.63) is 24.0 Å². The van der Waals surface area contributed by atoms with E-state index in [2.05, 4.69) is 5.32 Å². The van der Waals surface area contributed by atoms with Gasteiger partial charge in [-0.05, 0) is 26.0 Å². The van der Waals surface area contributed by atoms with E-state index >= 15 is 0 Å². The van der Waals surface area contributed by atoms with E-state index < -0.39 is 11.8 Å². The minimum absolute atomic E-state index is 0.104. The van der Waals surface area contributed by atoms with Crippen LogP contribution in [0.5, 0.6) is 5.75 Å². The summed E-state index contributed by atoms with van der Waals surface area (Å²) < 4.78 is 18.6. The molecule has 1 rings (SSSR count). The van der Waals surface area contributed by atoms with Gasteiger partial charge >= 0.3 is 5.97 Å². The van der Waals surface area contributed by atoms with Crippen molar-refractivity contribution in [1.29, 1.82) is 0 Å². The third-order valence-corrected chi connectivity index (χ3v) is 1.74. The number of ether oxygens (including phenoxy) is 1. The lowest BCUT2D eigenvalue weighted by Gasteiger charge is -2.11. The molecule has 2 N–H and O–H groups in total. The number of carboxylic acid groups (broad SMARTS) is 1. The molecule has 1 aromatic rings. The number of aliphatic carboxylic acids is 1. The fourth-order valence-corrected chi connectivity index (χ4v) is 1.14. The molecule has 0 aliphatic carbocycles. The van der Waals surface area contributed by atoms with E-state index in [0.717, 1.165) is 0 Å². The van der Waals surface area contributed by atoms with E-state index in [-0.39, 0.29) is 18.4 Å². The Balaban J connectivity index is 2.70. The number of nitrogens with one attached hydrogen (secondary N) is 1. The van der Waals surface area contributed by atoms with Gasteiger partial charge in [0.25, 0.3) is 0 Å². The van der Waals surface area contributed by atoms with Crippen molar-refractivity contribution in [2.75, 3.05) is 11.9 Å². The van der Waals surface area contributed by atoms with E-state index in [0.29, 0.717) is 5.69 Å². The third kappa shape index (κ3) is 3.76. The molecule has 1 aromatic carbocycles. The number of carbonyl (C=O) groups is 1. The van der Waals surface area contributed by atoms with Gasteiger partial charge in [-0.25, -0.2) is 4.39 Å². The molecular weight excluding hydrogens is 213 g/mol. The second-order valence-corrected chi connectivity index (χ2v) is 3.56. The Labute approximate surface area is 93.0 Å². The molecule has 0 aromatic heterocycles. The van der Waals surface area contributed by atoms with Crippen molar-refractivity contribution in [3.63, 3.8) is 0 Å². The molecule has 0 saturated heterocycles. The zero-order valence-electron chi connectivity index (χ0n) is 9.16. The number of hydrogen-bond acceptors (Lipinski definition) is 3. The largest absolute Gasteiger partial charge is 0.488 e. The first kappa shape index (κ1) is 12.3. The van der Waals surface area contributed by atoms with Gasteiger partial charge < -0.3 is 15.2 Å². The fourth-order valence-electron chi connectivity index (χ4n) is 1.14. The van der Waals surface area contributed by atoms with Crippen LogP contribution in [0.4, 0.5) is 10.1 Å². The topological polar surface area (TPSA) is 58.6 Å². The fraction of sp³-hybridized carbons (Fsp3) is 0.364. The number of hydrogen-bond donors (Lipinski definition) is 2. The maximum absolute atomic E-state index is 13.4. The van der Waals surface area contributed by atoms with Gasteiger partial charge in [0, 0.05) is 11.8 Å². The van der Waals surface area contributed by atoms with Crippen LogP contribution in [0.1, 0.15) is 13.8 Å². The summed E-state index contributed by atoms with van der Waals surface area (Å²) in [6, 6.07) is 4.25. The van der Waals surface area contributed by atoms with Crippen LogP contribution in [0.15, 0.2) is 18.2 Å². The molecule has 0 radical (unpaired) electrons. The number of anilines is 1. The van der Waals surface area contributed by atoms with E-state index in [1.54, 1.807) is 19.9 Å². The predicted octanol–water partition coefficient (Wildman–Crippen LogP) is 2.11. The van der Waals surface area contributed by atoms with Crippen LogP contribution in [0.25, 0.3) is 0 Å². The summed E-state index contributed by atoms with van der Waals surface area (Å²) in [5.41, 5.74) is 0.413. The second-order valence-electron chi connectivity index (χ2n) is 3.56. The van der Waals surface area contributed by atoms with E-state index in [1.165, 1.54) is 12.1 Å². The van der Waals surface area contributed by atoms with Crippen LogP contribution < -0.4 is 10.1 Å². The summed E-state index contributed by atoms with van der Waals surface area (Å²) in [6.45, 7) is 3.36. The molecule has 0 saturated carbocycles. The van der Waals surface area contributed by atoms with Crippen molar-refractivity contribution < 1.29 is 19.0 Å². The lowest BCUT2D eigenvalue weighted by atomic mass is 10.3. The van der Waals surface area contributed by atoms with Gasteiger partial charge in [0.2, 0.25) is 0 Å². The van der Waals surface area contributed by atoms with Crippen LogP contribution >= 0.6 is 0 Å². The van der Waals surface area contributed by atoms with E-state index in [9.17, 15) is 9.18 Å². The standard InChI is InChI=1S/C11H14FNO3/c1-7(2)16-10-4-3-8(5-9(10)12)13-6-11(14)15/h3-5,7,13H,6H2,1-2H3,(H,14,15). The normalized spacial score (nSPS) is 10.2. The molecule has 0 amide bonds. The Kier molecular flexibility index (Phi) is 4.10. The highest BCUT2D eigenvalue weighted by Crippen LogP contribution is 2.21. The number of rotatable bonds is 5. The SMILES string of the molecule is CC(C)Oc1ccc(NCC(=O)O)cc1F. The van der Waals surface area contributed by atoms with Crippen LogP contribution in [-0.4, -0.2) is 23.7 Å². The van der Waals surface area contributed by atoms with Gasteiger partial charge in [-0.3, -0.25) is 4.79 Å². The summed E-state index contributed by atoms with van der Waals surface area (Å²) in [5, 5.41) is 11.0. The van der Waals surface area contributed by atoms with Crippen molar-refractivity contribution >= 4 is 11.7 Å². The maximum Gasteiger partial charge on any atom is 0.322 e. The lowest BCUT2D eigenvalue weighted by molar-refractivity contribution is -0.134. The van der Waals surface area contributed by atoms with Gasteiger partial charge in [-0.1, -0.05) is 0 Å². The van der Waals surface area contributed by atoms with Crippen molar-refractivity contribution in [1.82, 2.24) is 0 Å². The van der Waals surface area contributed by atoms with E-state index in [4.69, 9.17) is 9.84 Å². The Morgan fingerprint density at radius 3 is 2.75 bits per heavy atom. The smallest absolute Gasteiger partial charge is 0.322 e. The molecule has 88 valence electrons. The predicted molar refractivity (Wildman–Crippen MR) is 58.3 cm³/mol. The maximum atomic E-state index is 13.4. The number of halogens is 1. The molecule has 0 unspecified atom stereocenters. The van der Waals surface area contributed by atoms with Gasteiger partial charge in [-0.2, -0.15) is 0 Å². The zero-order valence-corrected chi connectivity index (χ0v) is 9.16. The highest BCUT2D eigenvalue weighted by molar-refractivity contribution is 5.72. The minimum atomic E-state index is -0.997. The first-order chi connectivity index (χ1) is 7.49. The summed E-state index contributed by atoms with van der Waals surface area (Å²) in [7, 11) is 0. The second kappa shape index (κ2) is 5.34. The molecule has 0 atom stereocenters. The average Bonchev–Trinajstić information content (AvgIpc) is 2.18. The average molecular weight is 227 g/mol. The van der Waals surface area contributed by atoms with E-state index in [1.807, 2.05) is 0 Å². The Morgan fingerprint density at radius 1 is 1.56 bits per heavy atom. The summed E-state index contributed by atoms with van der Waals surface area (Å²) in [6.07, 6.45) is -0.104. The quantitative estimate of drug-likeness (QED) is 0.808. The monoisotopic (exact) mass is 227 g/mol. The van der Waals surface area contributed by atoms with Gasteiger partial charge in [0.1, 0.15) is 6.54 Å². The highest BCUT2D eigenvalue weighted by Gasteiger charge is 2.06. The summed E-state index contributed by atoms with van der Waals surface area (Å²) in [4.78, 5) is 10.3. The van der Waals surface area contributed by atoms with Gasteiger partial charge in [0.05, 0.1) is 6.10 Å². The molecule has 5 heteroatoms. The molecule has 16 heavy (non-hydrogen) atoms. The molecule has 0 bridgehead atoms. The molecule has 4 nitrogen and oxygen atoms in total. The number of benzene rings is 1. The zero-order chi connectivity index (χ0) is 12.1. The van der Waals surface area contributed by atoms with Gasteiger partial charge in [0.15, 0.2) is 11.6 Å². The third-order valence-electron chi connectivity index (χ3n) is 1.74. The molecule has 0 fully saturated rings. The Hall–Kier alpha value is -1.78. The van der Waals surface area contributed by atoms with Crippen LogP contribution in [-0.2, 0) is 4.79 Å². The molecule has 0 spiro atoms. The van der Waals surface area contributed by atoms with Crippen LogP contribution in [0.2, 0.25) is 0 Å². The minimum Gasteiger partial charge on any atom is -0.488 e. The van der Waals surface area contributed by atoms with Crippen molar-refractivity contribution in [2.24, 2.45) is 0 Å². The number of carboxylic acids is 1. The Morgan fingerprint density at radius 2 is 2.25 bits per heavy atom. The van der Waals surface area contributed by atoms with Crippen molar-refractivity contribution in [2.45, 2.75) is 20.0 Å². The summed E-state index contributed by atoms with van der Waals surface area (Å²) >= 11 is 0. The van der Waals surface area contributed by atoms with Gasteiger partial charge in [-0.15, -0.1) is 0 Å².